The van der Waals surface area contributed by atoms with Gasteiger partial charge in [0.25, 0.3) is 15.9 Å². The number of rotatable bonds is 7. The largest absolute Gasteiger partial charge is 0.335 e. The first kappa shape index (κ1) is 22.3. The van der Waals surface area contributed by atoms with Crippen LogP contribution in [0.3, 0.4) is 0 Å². The second-order valence-electron chi connectivity index (χ2n) is 7.51. The molecule has 0 atom stereocenters. The molecule has 33 heavy (non-hydrogen) atoms. The Morgan fingerprint density at radius 1 is 0.818 bits per heavy atom. The Balaban J connectivity index is 1.37. The molecule has 1 aliphatic rings. The van der Waals surface area contributed by atoms with Gasteiger partial charge >= 0.3 is 6.03 Å². The molecule has 0 saturated heterocycles. The number of amides is 3. The van der Waals surface area contributed by atoms with Crippen LogP contribution >= 0.6 is 0 Å². The average Bonchev–Trinajstić information content (AvgIpc) is 3.60. The van der Waals surface area contributed by atoms with Gasteiger partial charge < -0.3 is 16.0 Å². The van der Waals surface area contributed by atoms with E-state index in [1.807, 2.05) is 0 Å². The summed E-state index contributed by atoms with van der Waals surface area (Å²) in [5.74, 6) is -1.13. The lowest BCUT2D eigenvalue weighted by Gasteiger charge is -2.10. The lowest BCUT2D eigenvalue weighted by molar-refractivity contribution is 0.102. The van der Waals surface area contributed by atoms with Gasteiger partial charge in [-0.1, -0.05) is 12.1 Å². The summed E-state index contributed by atoms with van der Waals surface area (Å²) in [6.07, 6.45) is 1.99. The van der Waals surface area contributed by atoms with Crippen molar-refractivity contribution in [3.8, 4) is 0 Å². The summed E-state index contributed by atoms with van der Waals surface area (Å²) in [7, 11) is -4.02. The van der Waals surface area contributed by atoms with E-state index in [1.165, 1.54) is 42.5 Å². The molecule has 3 aromatic rings. The molecule has 1 saturated carbocycles. The summed E-state index contributed by atoms with van der Waals surface area (Å²) in [5, 5.41) is 8.24. The molecule has 0 bridgehead atoms. The van der Waals surface area contributed by atoms with Crippen molar-refractivity contribution in [2.75, 3.05) is 15.4 Å². The topological polar surface area (TPSA) is 116 Å². The lowest BCUT2D eigenvalue weighted by atomic mass is 10.2. The third kappa shape index (κ3) is 5.86. The van der Waals surface area contributed by atoms with Gasteiger partial charge in [-0.3, -0.25) is 9.52 Å². The van der Waals surface area contributed by atoms with Crippen molar-refractivity contribution in [2.24, 2.45) is 0 Å². The second kappa shape index (κ2) is 9.29. The minimum Gasteiger partial charge on any atom is -0.335 e. The maximum atomic E-state index is 13.7. The molecule has 0 unspecified atom stereocenters. The van der Waals surface area contributed by atoms with Gasteiger partial charge in [0.1, 0.15) is 5.82 Å². The van der Waals surface area contributed by atoms with E-state index in [0.717, 1.165) is 18.9 Å². The molecule has 4 rings (SSSR count). The molecule has 0 aliphatic heterocycles. The highest BCUT2D eigenvalue weighted by atomic mass is 32.2. The van der Waals surface area contributed by atoms with E-state index < -0.39 is 21.7 Å². The van der Waals surface area contributed by atoms with Gasteiger partial charge in [-0.15, -0.1) is 0 Å². The van der Waals surface area contributed by atoms with Crippen molar-refractivity contribution in [2.45, 2.75) is 23.8 Å². The van der Waals surface area contributed by atoms with Gasteiger partial charge in [0.2, 0.25) is 0 Å². The van der Waals surface area contributed by atoms with E-state index in [0.29, 0.717) is 11.4 Å². The summed E-state index contributed by atoms with van der Waals surface area (Å²) >= 11 is 0. The zero-order valence-corrected chi connectivity index (χ0v) is 18.2. The van der Waals surface area contributed by atoms with Gasteiger partial charge in [0, 0.05) is 23.0 Å². The summed E-state index contributed by atoms with van der Waals surface area (Å²) in [6, 6.07) is 17.3. The molecule has 0 aromatic heterocycles. The molecule has 4 N–H and O–H groups in total. The zero-order valence-electron chi connectivity index (χ0n) is 17.3. The van der Waals surface area contributed by atoms with Crippen LogP contribution < -0.4 is 20.7 Å². The number of carbonyl (C=O) groups is 2. The first-order chi connectivity index (χ1) is 15.8. The number of benzene rings is 3. The van der Waals surface area contributed by atoms with Crippen LogP contribution in [0.25, 0.3) is 0 Å². The Kier molecular flexibility index (Phi) is 6.27. The third-order valence-corrected chi connectivity index (χ3v) is 6.24. The van der Waals surface area contributed by atoms with Gasteiger partial charge in [-0.05, 0) is 73.5 Å². The van der Waals surface area contributed by atoms with Gasteiger partial charge in [-0.2, -0.15) is 0 Å². The molecule has 8 nitrogen and oxygen atoms in total. The highest BCUT2D eigenvalue weighted by Gasteiger charge is 2.23. The molecular weight excluding hydrogens is 447 g/mol. The van der Waals surface area contributed by atoms with Crippen LogP contribution in [-0.4, -0.2) is 26.4 Å². The molecule has 170 valence electrons. The Bertz CT molecular complexity index is 1270. The first-order valence-corrected chi connectivity index (χ1v) is 11.6. The molecule has 0 heterocycles. The summed E-state index contributed by atoms with van der Waals surface area (Å²) in [5.41, 5.74) is 1.17. The number of hydrogen-bond acceptors (Lipinski definition) is 4. The zero-order chi connectivity index (χ0) is 23.4. The molecule has 3 amide bonds. The lowest BCUT2D eigenvalue weighted by Crippen LogP contribution is -2.30. The fourth-order valence-corrected chi connectivity index (χ4v) is 4.02. The van der Waals surface area contributed by atoms with Crippen LogP contribution in [0.4, 0.5) is 26.2 Å². The Morgan fingerprint density at radius 3 is 2.03 bits per heavy atom. The second-order valence-corrected chi connectivity index (χ2v) is 9.20. The smallest absolute Gasteiger partial charge is 0.319 e. The van der Waals surface area contributed by atoms with E-state index in [1.54, 1.807) is 24.3 Å². The maximum Gasteiger partial charge on any atom is 0.319 e. The number of urea groups is 1. The summed E-state index contributed by atoms with van der Waals surface area (Å²) < 4.78 is 40.9. The van der Waals surface area contributed by atoms with Crippen molar-refractivity contribution >= 4 is 39.0 Å². The number of hydrogen-bond donors (Lipinski definition) is 4. The summed E-state index contributed by atoms with van der Waals surface area (Å²) in [4.78, 5) is 24.2. The van der Waals surface area contributed by atoms with Crippen molar-refractivity contribution in [3.63, 3.8) is 0 Å². The molecule has 3 aromatic carbocycles. The van der Waals surface area contributed by atoms with Gasteiger partial charge in [-0.25, -0.2) is 17.6 Å². The number of para-hydroxylation sites is 1. The predicted octanol–water partition coefficient (Wildman–Crippen LogP) is 4.16. The number of carbonyl (C=O) groups excluding carboxylic acids is 2. The molecule has 10 heteroatoms. The minimum absolute atomic E-state index is 0.109. The highest BCUT2D eigenvalue weighted by Crippen LogP contribution is 2.21. The SMILES string of the molecule is O=C(Nc1ccc(NC(=O)c2ccc(S(=O)(=O)Nc3ccccc3F)cc2)cc1)NC1CC1. The third-order valence-electron chi connectivity index (χ3n) is 4.86. The number of halogens is 1. The molecule has 1 aliphatic carbocycles. The van der Waals surface area contributed by atoms with E-state index in [2.05, 4.69) is 20.7 Å². The van der Waals surface area contributed by atoms with Crippen LogP contribution in [0.5, 0.6) is 0 Å². The van der Waals surface area contributed by atoms with Crippen molar-refractivity contribution in [1.29, 1.82) is 0 Å². The molecule has 1 fully saturated rings. The summed E-state index contributed by atoms with van der Waals surface area (Å²) in [6.45, 7) is 0. The highest BCUT2D eigenvalue weighted by molar-refractivity contribution is 7.92. The Morgan fingerprint density at radius 2 is 1.42 bits per heavy atom. The fourth-order valence-electron chi connectivity index (χ4n) is 2.95. The molecule has 0 radical (unpaired) electrons. The van der Waals surface area contributed by atoms with Crippen LogP contribution in [0.2, 0.25) is 0 Å². The number of sulfonamides is 1. The monoisotopic (exact) mass is 468 g/mol. The van der Waals surface area contributed by atoms with Crippen LogP contribution in [-0.2, 0) is 10.0 Å². The van der Waals surface area contributed by atoms with E-state index in [4.69, 9.17) is 0 Å². The quantitative estimate of drug-likeness (QED) is 0.417. The van der Waals surface area contributed by atoms with E-state index in [-0.39, 0.29) is 28.2 Å². The molecule has 0 spiro atoms. The average molecular weight is 469 g/mol. The molecular formula is C23H21FN4O4S. The standard InChI is InChI=1S/C23H21FN4O4S/c24-20-3-1-2-4-21(20)28-33(31,32)19-13-5-15(6-14-19)22(29)25-16-7-9-17(10-8-16)26-23(30)27-18-11-12-18/h1-10,13-14,18,28H,11-12H2,(H,25,29)(H2,26,27,30). The normalized spacial score (nSPS) is 13.1. The minimum atomic E-state index is -4.02. The Labute approximate surface area is 190 Å². The van der Waals surface area contributed by atoms with Gasteiger partial charge in [0.15, 0.2) is 0 Å². The van der Waals surface area contributed by atoms with E-state index >= 15 is 0 Å². The fraction of sp³-hybridized carbons (Fsp3) is 0.130. The van der Waals surface area contributed by atoms with E-state index in [9.17, 15) is 22.4 Å². The maximum absolute atomic E-state index is 13.7. The van der Waals surface area contributed by atoms with Crippen LogP contribution in [0.15, 0.2) is 77.7 Å². The van der Waals surface area contributed by atoms with Crippen molar-refractivity contribution in [1.82, 2.24) is 5.32 Å². The van der Waals surface area contributed by atoms with Gasteiger partial charge in [0.05, 0.1) is 10.6 Å². The predicted molar refractivity (Wildman–Crippen MR) is 123 cm³/mol. The number of nitrogens with one attached hydrogen (secondary N) is 4. The van der Waals surface area contributed by atoms with Crippen molar-refractivity contribution < 1.29 is 22.4 Å². The van der Waals surface area contributed by atoms with Crippen LogP contribution in [0, 0.1) is 5.82 Å². The Hall–Kier alpha value is -3.92. The first-order valence-electron chi connectivity index (χ1n) is 10.2. The number of anilines is 3. The van der Waals surface area contributed by atoms with Crippen molar-refractivity contribution in [3.05, 3.63) is 84.2 Å². The van der Waals surface area contributed by atoms with Crippen LogP contribution in [0.1, 0.15) is 23.2 Å².